The first-order chi connectivity index (χ1) is 10.0. The number of para-hydroxylation sites is 1. The Hall–Kier alpha value is -1.59. The molecule has 5 nitrogen and oxygen atoms in total. The van der Waals surface area contributed by atoms with Crippen LogP contribution in [0.4, 0.5) is 5.69 Å². The van der Waals surface area contributed by atoms with E-state index in [4.69, 9.17) is 16.3 Å². The Kier molecular flexibility index (Phi) is 5.20. The molecule has 0 spiro atoms. The number of nitrogens with one attached hydrogen (secondary N) is 1. The molecular formula is C15H19ClN2O3. The fourth-order valence-corrected chi connectivity index (χ4v) is 2.64. The van der Waals surface area contributed by atoms with Crippen LogP contribution in [0, 0.1) is 5.92 Å². The Morgan fingerprint density at radius 3 is 2.90 bits per heavy atom. The van der Waals surface area contributed by atoms with E-state index in [-0.39, 0.29) is 30.2 Å². The zero-order chi connectivity index (χ0) is 15.4. The van der Waals surface area contributed by atoms with Crippen LogP contribution in [0.25, 0.3) is 0 Å². The summed E-state index contributed by atoms with van der Waals surface area (Å²) in [6.07, 6.45) is 0.227. The van der Waals surface area contributed by atoms with E-state index in [0.29, 0.717) is 23.9 Å². The second-order valence-corrected chi connectivity index (χ2v) is 5.63. The smallest absolute Gasteiger partial charge is 0.229 e. The van der Waals surface area contributed by atoms with Crippen molar-refractivity contribution in [1.82, 2.24) is 4.90 Å². The topological polar surface area (TPSA) is 58.6 Å². The molecule has 0 unspecified atom stereocenters. The maximum atomic E-state index is 12.3. The maximum Gasteiger partial charge on any atom is 0.229 e. The van der Waals surface area contributed by atoms with Crippen molar-refractivity contribution in [3.8, 4) is 0 Å². The molecule has 1 aliphatic heterocycles. The Bertz CT molecular complexity index is 535. The molecule has 2 rings (SSSR count). The summed E-state index contributed by atoms with van der Waals surface area (Å²) in [7, 11) is 1.60. The van der Waals surface area contributed by atoms with Gasteiger partial charge in [-0.15, -0.1) is 0 Å². The first-order valence-corrected chi connectivity index (χ1v) is 7.24. The van der Waals surface area contributed by atoms with Crippen molar-refractivity contribution in [3.05, 3.63) is 29.3 Å². The highest BCUT2D eigenvalue weighted by Crippen LogP contribution is 2.25. The number of methoxy groups -OCH3 is 1. The third-order valence-corrected chi connectivity index (χ3v) is 3.93. The van der Waals surface area contributed by atoms with Crippen molar-refractivity contribution in [1.29, 1.82) is 0 Å². The van der Waals surface area contributed by atoms with Crippen molar-refractivity contribution in [3.63, 3.8) is 0 Å². The number of rotatable bonds is 5. The lowest BCUT2D eigenvalue weighted by Crippen LogP contribution is -2.38. The van der Waals surface area contributed by atoms with Gasteiger partial charge in [0.2, 0.25) is 11.8 Å². The van der Waals surface area contributed by atoms with Crippen molar-refractivity contribution >= 4 is 29.1 Å². The van der Waals surface area contributed by atoms with Crippen LogP contribution in [0.3, 0.4) is 0 Å². The summed E-state index contributed by atoms with van der Waals surface area (Å²) in [6, 6.07) is 7.02. The molecule has 2 amide bonds. The van der Waals surface area contributed by atoms with Crippen molar-refractivity contribution in [2.24, 2.45) is 5.92 Å². The highest BCUT2D eigenvalue weighted by molar-refractivity contribution is 6.33. The Morgan fingerprint density at radius 2 is 2.24 bits per heavy atom. The van der Waals surface area contributed by atoms with Crippen molar-refractivity contribution in [2.45, 2.75) is 19.4 Å². The number of likely N-dealkylation sites (tertiary alicyclic amines) is 1. The third kappa shape index (κ3) is 3.74. The van der Waals surface area contributed by atoms with E-state index < -0.39 is 0 Å². The van der Waals surface area contributed by atoms with E-state index in [2.05, 4.69) is 5.32 Å². The lowest BCUT2D eigenvalue weighted by molar-refractivity contribution is -0.130. The van der Waals surface area contributed by atoms with E-state index in [0.717, 1.165) is 0 Å². The maximum absolute atomic E-state index is 12.3. The van der Waals surface area contributed by atoms with Gasteiger partial charge < -0.3 is 15.0 Å². The largest absolute Gasteiger partial charge is 0.383 e. The molecule has 0 aromatic heterocycles. The second-order valence-electron chi connectivity index (χ2n) is 5.22. The minimum absolute atomic E-state index is 0.0149. The molecule has 0 saturated carbocycles. The van der Waals surface area contributed by atoms with Crippen LogP contribution in [0.5, 0.6) is 0 Å². The number of hydrogen-bond acceptors (Lipinski definition) is 3. The van der Waals surface area contributed by atoms with Gasteiger partial charge in [-0.05, 0) is 19.1 Å². The van der Waals surface area contributed by atoms with Gasteiger partial charge in [-0.1, -0.05) is 23.7 Å². The summed E-state index contributed by atoms with van der Waals surface area (Å²) in [6.45, 7) is 2.79. The van der Waals surface area contributed by atoms with Gasteiger partial charge in [0, 0.05) is 20.1 Å². The minimum atomic E-state index is -0.354. The van der Waals surface area contributed by atoms with Crippen LogP contribution in [0.1, 0.15) is 13.3 Å². The summed E-state index contributed by atoms with van der Waals surface area (Å²) in [5, 5.41) is 3.27. The monoisotopic (exact) mass is 310 g/mol. The predicted octanol–water partition coefficient (Wildman–Crippen LogP) is 2.16. The van der Waals surface area contributed by atoms with Crippen LogP contribution < -0.4 is 5.32 Å². The molecule has 1 aromatic rings. The molecule has 1 saturated heterocycles. The molecule has 1 heterocycles. The Morgan fingerprint density at radius 1 is 1.52 bits per heavy atom. The van der Waals surface area contributed by atoms with Gasteiger partial charge in [-0.2, -0.15) is 0 Å². The summed E-state index contributed by atoms with van der Waals surface area (Å²) in [5.74, 6) is -0.546. The molecule has 1 N–H and O–H groups in total. The fourth-order valence-electron chi connectivity index (χ4n) is 2.46. The van der Waals surface area contributed by atoms with E-state index in [1.54, 1.807) is 36.3 Å². The van der Waals surface area contributed by atoms with Crippen molar-refractivity contribution < 1.29 is 14.3 Å². The first-order valence-electron chi connectivity index (χ1n) is 6.86. The normalized spacial score (nSPS) is 19.7. The van der Waals surface area contributed by atoms with E-state index >= 15 is 0 Å². The van der Waals surface area contributed by atoms with Gasteiger partial charge in [-0.25, -0.2) is 0 Å². The predicted molar refractivity (Wildman–Crippen MR) is 81.2 cm³/mol. The molecular weight excluding hydrogens is 292 g/mol. The van der Waals surface area contributed by atoms with Gasteiger partial charge in [0.25, 0.3) is 0 Å². The number of carbonyl (C=O) groups excluding carboxylic acids is 2. The molecule has 0 radical (unpaired) electrons. The number of ether oxygens (including phenoxy) is 1. The lowest BCUT2D eigenvalue weighted by Gasteiger charge is -2.23. The number of hydrogen-bond donors (Lipinski definition) is 1. The highest BCUT2D eigenvalue weighted by atomic mass is 35.5. The standard InChI is InChI=1S/C15H19ClN2O3/c1-10(9-21-2)18-8-11(7-14(18)19)15(20)17-13-6-4-3-5-12(13)16/h3-6,10-11H,7-9H2,1-2H3,(H,17,20)/t10-,11+/m0/s1. The second kappa shape index (κ2) is 6.91. The van der Waals surface area contributed by atoms with Crippen LogP contribution in [0.15, 0.2) is 24.3 Å². The van der Waals surface area contributed by atoms with E-state index in [1.807, 2.05) is 6.92 Å². The Balaban J connectivity index is 1.99. The molecule has 2 atom stereocenters. The molecule has 0 aliphatic carbocycles. The molecule has 1 aromatic carbocycles. The van der Waals surface area contributed by atoms with E-state index in [9.17, 15) is 9.59 Å². The van der Waals surface area contributed by atoms with Gasteiger partial charge in [0.1, 0.15) is 0 Å². The number of nitrogens with zero attached hydrogens (tertiary/aromatic N) is 1. The number of halogens is 1. The summed E-state index contributed by atoms with van der Waals surface area (Å²) in [4.78, 5) is 25.9. The summed E-state index contributed by atoms with van der Waals surface area (Å²) < 4.78 is 5.06. The van der Waals surface area contributed by atoms with Gasteiger partial charge in [0.15, 0.2) is 0 Å². The molecule has 1 fully saturated rings. The molecule has 1 aliphatic rings. The quantitative estimate of drug-likeness (QED) is 0.906. The molecule has 21 heavy (non-hydrogen) atoms. The minimum Gasteiger partial charge on any atom is -0.383 e. The lowest BCUT2D eigenvalue weighted by atomic mass is 10.1. The Labute approximate surface area is 129 Å². The van der Waals surface area contributed by atoms with Gasteiger partial charge in [0.05, 0.1) is 29.3 Å². The van der Waals surface area contributed by atoms with Gasteiger partial charge >= 0.3 is 0 Å². The summed E-state index contributed by atoms with van der Waals surface area (Å²) >= 11 is 6.02. The first kappa shape index (κ1) is 15.8. The molecule has 6 heteroatoms. The highest BCUT2D eigenvalue weighted by Gasteiger charge is 2.36. The van der Waals surface area contributed by atoms with E-state index in [1.165, 1.54) is 0 Å². The molecule has 0 bridgehead atoms. The number of amides is 2. The zero-order valence-electron chi connectivity index (χ0n) is 12.1. The average molecular weight is 311 g/mol. The number of carbonyl (C=O) groups is 2. The van der Waals surface area contributed by atoms with Crippen LogP contribution >= 0.6 is 11.6 Å². The van der Waals surface area contributed by atoms with Crippen LogP contribution in [-0.4, -0.2) is 43.0 Å². The van der Waals surface area contributed by atoms with Crippen molar-refractivity contribution in [2.75, 3.05) is 25.6 Å². The van der Waals surface area contributed by atoms with Crippen LogP contribution in [0.2, 0.25) is 5.02 Å². The third-order valence-electron chi connectivity index (χ3n) is 3.60. The fraction of sp³-hybridized carbons (Fsp3) is 0.467. The SMILES string of the molecule is COC[C@H](C)N1C[C@H](C(=O)Nc2ccccc2Cl)CC1=O. The zero-order valence-corrected chi connectivity index (χ0v) is 12.9. The average Bonchev–Trinajstić information content (AvgIpc) is 2.84. The van der Waals surface area contributed by atoms with Crippen LogP contribution in [-0.2, 0) is 14.3 Å². The number of benzene rings is 1. The number of anilines is 1. The van der Waals surface area contributed by atoms with Gasteiger partial charge in [-0.3, -0.25) is 9.59 Å². The molecule has 114 valence electrons. The summed E-state index contributed by atoms with van der Waals surface area (Å²) in [5.41, 5.74) is 0.569.